The molecule has 0 spiro atoms. The van der Waals surface area contributed by atoms with Gasteiger partial charge in [-0.15, -0.1) is 0 Å². The van der Waals surface area contributed by atoms with E-state index < -0.39 is 0 Å². The molecule has 0 heterocycles. The number of benzene rings is 1. The molecule has 0 amide bonds. The lowest BCUT2D eigenvalue weighted by Crippen LogP contribution is -2.18. The molecule has 78 valence electrons. The number of ether oxygens (including phenoxy) is 1. The van der Waals surface area contributed by atoms with Crippen LogP contribution in [-0.4, -0.2) is 11.7 Å². The average molecular weight is 213 g/mol. The third kappa shape index (κ3) is 3.32. The van der Waals surface area contributed by atoms with E-state index in [1.807, 2.05) is 32.0 Å². The van der Waals surface area contributed by atoms with E-state index in [2.05, 4.69) is 19.1 Å². The van der Waals surface area contributed by atoms with Gasteiger partial charge in [-0.3, -0.25) is 0 Å². The van der Waals surface area contributed by atoms with E-state index in [1.165, 1.54) is 5.56 Å². The fraction of sp³-hybridized carbons (Fsp3) is 0.500. The van der Waals surface area contributed by atoms with Crippen molar-refractivity contribution < 1.29 is 4.74 Å². The highest BCUT2D eigenvalue weighted by Crippen LogP contribution is 2.24. The summed E-state index contributed by atoms with van der Waals surface area (Å²) in [6.45, 7) is 6.07. The summed E-state index contributed by atoms with van der Waals surface area (Å²) in [5.41, 5.74) is 0.963. The van der Waals surface area contributed by atoms with Crippen LogP contribution >= 0.6 is 11.6 Å². The molecule has 0 N–H and O–H groups in total. The molecule has 0 saturated heterocycles. The summed E-state index contributed by atoms with van der Waals surface area (Å²) in [5.74, 6) is 0.222. The molecule has 1 nitrogen and oxygen atoms in total. The van der Waals surface area contributed by atoms with Gasteiger partial charge in [0.1, 0.15) is 5.56 Å². The van der Waals surface area contributed by atoms with Crippen LogP contribution in [0.3, 0.4) is 0 Å². The highest BCUT2D eigenvalue weighted by molar-refractivity contribution is 6.20. The van der Waals surface area contributed by atoms with Gasteiger partial charge in [-0.25, -0.2) is 0 Å². The van der Waals surface area contributed by atoms with Crippen molar-refractivity contribution in [2.24, 2.45) is 0 Å². The minimum absolute atomic E-state index is 0.170. The quantitative estimate of drug-likeness (QED) is 0.691. The van der Waals surface area contributed by atoms with Crippen LogP contribution in [0, 0.1) is 0 Å². The minimum Gasteiger partial charge on any atom is -0.359 e. The van der Waals surface area contributed by atoms with Gasteiger partial charge in [0, 0.05) is 5.92 Å². The summed E-state index contributed by atoms with van der Waals surface area (Å²) in [7, 11) is 0. The van der Waals surface area contributed by atoms with Crippen LogP contribution in [0.25, 0.3) is 0 Å². The van der Waals surface area contributed by atoms with Crippen LogP contribution in [0.2, 0.25) is 0 Å². The Kier molecular flexibility index (Phi) is 4.43. The maximum absolute atomic E-state index is 6.14. The molecule has 0 radical (unpaired) electrons. The molecule has 0 aliphatic heterocycles. The van der Waals surface area contributed by atoms with Crippen LogP contribution in [0.1, 0.15) is 32.3 Å². The molecule has 2 heteroatoms. The maximum Gasteiger partial charge on any atom is 0.138 e. The molecule has 0 fully saturated rings. The van der Waals surface area contributed by atoms with Gasteiger partial charge in [-0.05, 0) is 19.4 Å². The molecule has 1 rings (SSSR count). The molecule has 1 aromatic rings. The predicted octanol–water partition coefficient (Wildman–Crippen LogP) is 3.78. The van der Waals surface area contributed by atoms with E-state index >= 15 is 0 Å². The third-order valence-corrected chi connectivity index (χ3v) is 2.60. The smallest absolute Gasteiger partial charge is 0.138 e. The van der Waals surface area contributed by atoms with Crippen molar-refractivity contribution in [1.82, 2.24) is 0 Å². The third-order valence-electron chi connectivity index (χ3n) is 2.12. The molecule has 2 atom stereocenters. The number of halogens is 1. The first kappa shape index (κ1) is 11.5. The van der Waals surface area contributed by atoms with Crippen LogP contribution in [0.5, 0.6) is 0 Å². The zero-order valence-corrected chi connectivity index (χ0v) is 9.66. The number of alkyl halides is 1. The van der Waals surface area contributed by atoms with E-state index in [0.29, 0.717) is 0 Å². The van der Waals surface area contributed by atoms with Gasteiger partial charge in [0.15, 0.2) is 0 Å². The predicted molar refractivity (Wildman–Crippen MR) is 60.7 cm³/mol. The highest BCUT2D eigenvalue weighted by atomic mass is 35.5. The Morgan fingerprint density at radius 3 is 2.14 bits per heavy atom. The average Bonchev–Trinajstić information content (AvgIpc) is 2.17. The Morgan fingerprint density at radius 1 is 1.07 bits per heavy atom. The zero-order valence-electron chi connectivity index (χ0n) is 8.91. The second kappa shape index (κ2) is 5.38. The second-order valence-corrected chi connectivity index (χ2v) is 4.17. The van der Waals surface area contributed by atoms with E-state index in [9.17, 15) is 0 Å². The SMILES string of the molecule is CC(C)OC(Cl)C(C)c1ccccc1. The zero-order chi connectivity index (χ0) is 10.6. The van der Waals surface area contributed by atoms with Crippen LogP contribution in [0.15, 0.2) is 30.3 Å². The standard InChI is InChI=1S/C12H17ClO/c1-9(2)14-12(13)10(3)11-7-5-4-6-8-11/h4-10,12H,1-3H3. The highest BCUT2D eigenvalue weighted by Gasteiger charge is 2.17. The maximum atomic E-state index is 6.14. The fourth-order valence-electron chi connectivity index (χ4n) is 1.29. The normalized spacial score (nSPS) is 15.5. The topological polar surface area (TPSA) is 9.23 Å². The van der Waals surface area contributed by atoms with E-state index in [-0.39, 0.29) is 17.6 Å². The van der Waals surface area contributed by atoms with E-state index in [4.69, 9.17) is 16.3 Å². The summed E-state index contributed by atoms with van der Waals surface area (Å²) in [5, 5.41) is 0. The van der Waals surface area contributed by atoms with Crippen molar-refractivity contribution in [2.75, 3.05) is 0 Å². The molecule has 2 unspecified atom stereocenters. The lowest BCUT2D eigenvalue weighted by atomic mass is 10.0. The van der Waals surface area contributed by atoms with Gasteiger partial charge in [0.25, 0.3) is 0 Å². The van der Waals surface area contributed by atoms with Gasteiger partial charge < -0.3 is 4.74 Å². The summed E-state index contributed by atoms with van der Waals surface area (Å²) < 4.78 is 5.53. The van der Waals surface area contributed by atoms with Gasteiger partial charge in [0.2, 0.25) is 0 Å². The Balaban J connectivity index is 2.61. The molecular weight excluding hydrogens is 196 g/mol. The molecule has 0 saturated carbocycles. The number of hydrogen-bond acceptors (Lipinski definition) is 1. The molecule has 1 aromatic carbocycles. The molecule has 0 aliphatic rings. The summed E-state index contributed by atoms with van der Waals surface area (Å²) >= 11 is 6.14. The molecular formula is C12H17ClO. The van der Waals surface area contributed by atoms with Gasteiger partial charge >= 0.3 is 0 Å². The van der Waals surface area contributed by atoms with Crippen molar-refractivity contribution in [2.45, 2.75) is 38.4 Å². The number of hydrogen-bond donors (Lipinski definition) is 0. The van der Waals surface area contributed by atoms with Crippen LogP contribution in [-0.2, 0) is 4.74 Å². The second-order valence-electron chi connectivity index (χ2n) is 3.74. The van der Waals surface area contributed by atoms with E-state index in [1.54, 1.807) is 0 Å². The van der Waals surface area contributed by atoms with Gasteiger partial charge in [0.05, 0.1) is 6.10 Å². The molecule has 14 heavy (non-hydrogen) atoms. The number of rotatable bonds is 4. The summed E-state index contributed by atoms with van der Waals surface area (Å²) in [6, 6.07) is 10.2. The van der Waals surface area contributed by atoms with Gasteiger partial charge in [-0.2, -0.15) is 0 Å². The fourth-order valence-corrected chi connectivity index (χ4v) is 1.64. The Bertz CT molecular complexity index is 258. The van der Waals surface area contributed by atoms with Crippen molar-refractivity contribution in [3.8, 4) is 0 Å². The van der Waals surface area contributed by atoms with Crippen molar-refractivity contribution in [3.05, 3.63) is 35.9 Å². The Hall–Kier alpha value is -0.530. The van der Waals surface area contributed by atoms with Crippen molar-refractivity contribution >= 4 is 11.6 Å². The first-order valence-electron chi connectivity index (χ1n) is 4.95. The van der Waals surface area contributed by atoms with Gasteiger partial charge in [-0.1, -0.05) is 48.9 Å². The Morgan fingerprint density at radius 2 is 1.64 bits per heavy atom. The lowest BCUT2D eigenvalue weighted by Gasteiger charge is -2.20. The van der Waals surface area contributed by atoms with Crippen LogP contribution in [0.4, 0.5) is 0 Å². The molecule has 0 aliphatic carbocycles. The summed E-state index contributed by atoms with van der Waals surface area (Å²) in [4.78, 5) is 0. The van der Waals surface area contributed by atoms with Crippen molar-refractivity contribution in [3.63, 3.8) is 0 Å². The monoisotopic (exact) mass is 212 g/mol. The first-order chi connectivity index (χ1) is 6.61. The van der Waals surface area contributed by atoms with Crippen LogP contribution < -0.4 is 0 Å². The molecule has 0 aromatic heterocycles. The largest absolute Gasteiger partial charge is 0.359 e. The molecule has 0 bridgehead atoms. The Labute approximate surface area is 91.0 Å². The lowest BCUT2D eigenvalue weighted by molar-refractivity contribution is 0.0432. The van der Waals surface area contributed by atoms with Crippen molar-refractivity contribution in [1.29, 1.82) is 0 Å². The van der Waals surface area contributed by atoms with E-state index in [0.717, 1.165) is 0 Å². The first-order valence-corrected chi connectivity index (χ1v) is 5.39. The summed E-state index contributed by atoms with van der Waals surface area (Å²) in [6.07, 6.45) is 0.170. The minimum atomic E-state index is -0.252.